The number of para-hydroxylation sites is 1. The van der Waals surface area contributed by atoms with Crippen LogP contribution in [0.4, 0.5) is 17.5 Å². The molecule has 2 saturated heterocycles. The molecule has 1 N–H and O–H groups in total. The number of ether oxygens (including phenoxy) is 2. The summed E-state index contributed by atoms with van der Waals surface area (Å²) in [5, 5.41) is 3.51. The van der Waals surface area contributed by atoms with Gasteiger partial charge < -0.3 is 19.7 Å². The van der Waals surface area contributed by atoms with Crippen molar-refractivity contribution in [2.45, 2.75) is 52.2 Å². The normalized spacial score (nSPS) is 18.6. The van der Waals surface area contributed by atoms with E-state index in [1.165, 1.54) is 11.1 Å². The molecular weight excluding hydrogens is 352 g/mol. The van der Waals surface area contributed by atoms with Crippen molar-refractivity contribution in [3.63, 3.8) is 0 Å². The van der Waals surface area contributed by atoms with Crippen LogP contribution in [-0.4, -0.2) is 42.1 Å². The van der Waals surface area contributed by atoms with Crippen molar-refractivity contribution in [2.75, 3.05) is 36.5 Å². The topological polar surface area (TPSA) is 59.5 Å². The van der Waals surface area contributed by atoms with E-state index in [1.54, 1.807) is 0 Å². The van der Waals surface area contributed by atoms with Gasteiger partial charge in [-0.1, -0.05) is 32.0 Å². The highest BCUT2D eigenvalue weighted by molar-refractivity contribution is 5.64. The quantitative estimate of drug-likeness (QED) is 0.844. The Kier molecular flexibility index (Phi) is 5.51. The first-order valence-corrected chi connectivity index (χ1v) is 10.4. The molecule has 0 aliphatic carbocycles. The summed E-state index contributed by atoms with van der Waals surface area (Å²) < 4.78 is 11.7. The number of nitrogens with one attached hydrogen (secondary N) is 1. The number of hydrogen-bond donors (Lipinski definition) is 1. The zero-order chi connectivity index (χ0) is 19.6. The summed E-state index contributed by atoms with van der Waals surface area (Å²) in [6, 6.07) is 8.53. The number of piperidine rings is 1. The van der Waals surface area contributed by atoms with Crippen LogP contribution in [0.5, 0.6) is 0 Å². The van der Waals surface area contributed by atoms with Gasteiger partial charge in [0.1, 0.15) is 5.82 Å². The standard InChI is InChI=1S/C22H30N4O2/c1-4-17-7-6-8-18(5-2)20(17)25-21-23-16(3)15-19(24-21)26-11-9-22(10-12-26)27-13-14-28-22/h6-8,15H,4-5,9-14H2,1-3H3,(H,23,24,25). The van der Waals surface area contributed by atoms with E-state index in [4.69, 9.17) is 14.5 Å². The fraction of sp³-hybridized carbons (Fsp3) is 0.545. The minimum Gasteiger partial charge on any atom is -0.356 e. The van der Waals surface area contributed by atoms with Crippen LogP contribution in [0.2, 0.25) is 0 Å². The van der Waals surface area contributed by atoms with Gasteiger partial charge in [-0.15, -0.1) is 0 Å². The molecule has 28 heavy (non-hydrogen) atoms. The van der Waals surface area contributed by atoms with E-state index in [-0.39, 0.29) is 5.79 Å². The Hall–Kier alpha value is -2.18. The molecule has 0 bridgehead atoms. The zero-order valence-electron chi connectivity index (χ0n) is 17.1. The van der Waals surface area contributed by atoms with Crippen LogP contribution in [0.1, 0.15) is 43.5 Å². The molecule has 1 aromatic heterocycles. The van der Waals surface area contributed by atoms with Crippen molar-refractivity contribution in [3.05, 3.63) is 41.1 Å². The number of benzene rings is 1. The Balaban J connectivity index is 1.55. The van der Waals surface area contributed by atoms with Gasteiger partial charge in [0, 0.05) is 43.4 Å². The van der Waals surface area contributed by atoms with E-state index in [1.807, 2.05) is 6.92 Å². The summed E-state index contributed by atoms with van der Waals surface area (Å²) >= 11 is 0. The maximum atomic E-state index is 5.85. The molecule has 6 heteroatoms. The molecule has 2 aromatic rings. The van der Waals surface area contributed by atoms with Crippen LogP contribution in [0.25, 0.3) is 0 Å². The smallest absolute Gasteiger partial charge is 0.229 e. The molecule has 2 aliphatic heterocycles. The lowest BCUT2D eigenvalue weighted by Gasteiger charge is -2.38. The van der Waals surface area contributed by atoms with E-state index >= 15 is 0 Å². The maximum Gasteiger partial charge on any atom is 0.229 e. The third kappa shape index (κ3) is 3.84. The Bertz CT molecular complexity index is 801. The molecule has 0 radical (unpaired) electrons. The molecule has 2 fully saturated rings. The van der Waals surface area contributed by atoms with Gasteiger partial charge in [-0.25, -0.2) is 4.98 Å². The summed E-state index contributed by atoms with van der Waals surface area (Å²) in [5.41, 5.74) is 4.70. The third-order valence-electron chi connectivity index (χ3n) is 5.74. The van der Waals surface area contributed by atoms with Crippen molar-refractivity contribution < 1.29 is 9.47 Å². The van der Waals surface area contributed by atoms with Crippen LogP contribution < -0.4 is 10.2 Å². The van der Waals surface area contributed by atoms with Gasteiger partial charge in [0.2, 0.25) is 5.95 Å². The van der Waals surface area contributed by atoms with Gasteiger partial charge in [-0.05, 0) is 30.9 Å². The van der Waals surface area contributed by atoms with Crippen molar-refractivity contribution in [1.82, 2.24) is 9.97 Å². The third-order valence-corrected chi connectivity index (χ3v) is 5.74. The van der Waals surface area contributed by atoms with Crippen LogP contribution in [0.15, 0.2) is 24.3 Å². The average molecular weight is 383 g/mol. The van der Waals surface area contributed by atoms with E-state index in [0.717, 1.165) is 56.0 Å². The summed E-state index contributed by atoms with van der Waals surface area (Å²) in [5.74, 6) is 1.27. The van der Waals surface area contributed by atoms with Crippen LogP contribution in [-0.2, 0) is 22.3 Å². The largest absolute Gasteiger partial charge is 0.356 e. The second-order valence-electron chi connectivity index (χ2n) is 7.57. The maximum absolute atomic E-state index is 5.85. The molecule has 0 unspecified atom stereocenters. The Morgan fingerprint density at radius 2 is 1.68 bits per heavy atom. The van der Waals surface area contributed by atoms with Crippen LogP contribution >= 0.6 is 0 Å². The van der Waals surface area contributed by atoms with Gasteiger partial charge in [0.15, 0.2) is 5.79 Å². The Labute approximate surface area is 167 Å². The minimum absolute atomic E-state index is 0.365. The molecular formula is C22H30N4O2. The van der Waals surface area contributed by atoms with Crippen LogP contribution in [0, 0.1) is 6.92 Å². The molecule has 2 aliphatic rings. The number of anilines is 3. The second-order valence-corrected chi connectivity index (χ2v) is 7.57. The van der Waals surface area contributed by atoms with E-state index in [9.17, 15) is 0 Å². The molecule has 0 amide bonds. The van der Waals surface area contributed by atoms with Crippen molar-refractivity contribution >= 4 is 17.5 Å². The van der Waals surface area contributed by atoms with Gasteiger partial charge in [0.25, 0.3) is 0 Å². The number of aromatic nitrogens is 2. The van der Waals surface area contributed by atoms with Crippen LogP contribution in [0.3, 0.4) is 0 Å². The molecule has 1 aromatic carbocycles. The van der Waals surface area contributed by atoms with Crippen molar-refractivity contribution in [1.29, 1.82) is 0 Å². The lowest BCUT2D eigenvalue weighted by molar-refractivity contribution is -0.169. The summed E-state index contributed by atoms with van der Waals surface area (Å²) in [7, 11) is 0. The van der Waals surface area contributed by atoms with E-state index < -0.39 is 0 Å². The first kappa shape index (κ1) is 19.2. The number of aryl methyl sites for hydroxylation is 3. The lowest BCUT2D eigenvalue weighted by Crippen LogP contribution is -2.45. The highest BCUT2D eigenvalue weighted by atomic mass is 16.7. The minimum atomic E-state index is -0.365. The first-order chi connectivity index (χ1) is 13.6. The van der Waals surface area contributed by atoms with Crippen molar-refractivity contribution in [2.24, 2.45) is 0 Å². The molecule has 4 rings (SSSR count). The SMILES string of the molecule is CCc1cccc(CC)c1Nc1nc(C)cc(N2CCC3(CC2)OCCO3)n1. The van der Waals surface area contributed by atoms with Gasteiger partial charge in [0.05, 0.1) is 13.2 Å². The fourth-order valence-electron chi connectivity index (χ4n) is 4.15. The molecule has 6 nitrogen and oxygen atoms in total. The van der Waals surface area contributed by atoms with Crippen molar-refractivity contribution in [3.8, 4) is 0 Å². The zero-order valence-corrected chi connectivity index (χ0v) is 17.1. The second kappa shape index (κ2) is 8.05. The molecule has 0 atom stereocenters. The van der Waals surface area contributed by atoms with E-state index in [2.05, 4.69) is 53.3 Å². The van der Waals surface area contributed by atoms with Gasteiger partial charge in [-0.2, -0.15) is 4.98 Å². The number of nitrogens with zero attached hydrogens (tertiary/aromatic N) is 3. The highest BCUT2D eigenvalue weighted by Gasteiger charge is 2.40. The van der Waals surface area contributed by atoms with Gasteiger partial charge >= 0.3 is 0 Å². The van der Waals surface area contributed by atoms with E-state index in [0.29, 0.717) is 19.2 Å². The lowest BCUT2D eigenvalue weighted by atomic mass is 10.0. The number of rotatable bonds is 5. The Morgan fingerprint density at radius 1 is 1.04 bits per heavy atom. The van der Waals surface area contributed by atoms with Gasteiger partial charge in [-0.3, -0.25) is 0 Å². The summed E-state index contributed by atoms with van der Waals surface area (Å²) in [4.78, 5) is 11.8. The average Bonchev–Trinajstić information content (AvgIpc) is 3.16. The predicted molar refractivity (Wildman–Crippen MR) is 111 cm³/mol. The fourth-order valence-corrected chi connectivity index (χ4v) is 4.15. The predicted octanol–water partition coefficient (Wildman–Crippen LogP) is 4.00. The molecule has 0 saturated carbocycles. The first-order valence-electron chi connectivity index (χ1n) is 10.4. The number of hydrogen-bond acceptors (Lipinski definition) is 6. The molecule has 1 spiro atoms. The summed E-state index contributed by atoms with van der Waals surface area (Å²) in [6.45, 7) is 9.55. The highest BCUT2D eigenvalue weighted by Crippen LogP contribution is 2.33. The summed E-state index contributed by atoms with van der Waals surface area (Å²) in [6.07, 6.45) is 3.70. The molecule has 3 heterocycles. The Morgan fingerprint density at radius 3 is 2.29 bits per heavy atom. The monoisotopic (exact) mass is 382 g/mol. The molecule has 150 valence electrons.